The van der Waals surface area contributed by atoms with Crippen LogP contribution in [0.1, 0.15) is 33.6 Å². The quantitative estimate of drug-likeness (QED) is 0.532. The summed E-state index contributed by atoms with van der Waals surface area (Å²) in [5.74, 6) is 2.92. The summed E-state index contributed by atoms with van der Waals surface area (Å²) in [5.41, 5.74) is -0.0822. The predicted molar refractivity (Wildman–Crippen MR) is 66.8 cm³/mol. The van der Waals surface area contributed by atoms with Gasteiger partial charge in [0.2, 0.25) is 6.10 Å². The maximum absolute atomic E-state index is 11.2. The molecule has 5 heteroatoms. The van der Waals surface area contributed by atoms with Crippen LogP contribution in [0.5, 0.6) is 0 Å². The number of ether oxygens (including phenoxy) is 1. The second-order valence-corrected chi connectivity index (χ2v) is 4.50. The van der Waals surface area contributed by atoms with Crippen molar-refractivity contribution in [2.75, 3.05) is 19.6 Å². The Kier molecular flexibility index (Phi) is 7.12. The third kappa shape index (κ3) is 3.54. The van der Waals surface area contributed by atoms with Crippen LogP contribution in [0.15, 0.2) is 0 Å². The molecule has 2 N–H and O–H groups in total. The van der Waals surface area contributed by atoms with E-state index in [1.54, 1.807) is 0 Å². The van der Waals surface area contributed by atoms with Gasteiger partial charge in [-0.05, 0) is 12.8 Å². The summed E-state index contributed by atoms with van der Waals surface area (Å²) >= 11 is 0. The Labute approximate surface area is 116 Å². The van der Waals surface area contributed by atoms with Gasteiger partial charge in [-0.3, -0.25) is 0 Å². The summed E-state index contributed by atoms with van der Waals surface area (Å²) in [6.07, 6.45) is 7.26. The monoisotopic (exact) mass is 274 g/mol. The molecule has 1 aliphatic heterocycles. The zero-order valence-corrected chi connectivity index (χ0v) is 12.1. The molecule has 1 heterocycles. The Balaban J connectivity index is 0.00000289. The molecule has 1 fully saturated rings. The lowest BCUT2D eigenvalue weighted by atomic mass is 9.88. The van der Waals surface area contributed by atoms with Crippen LogP contribution in [0.3, 0.4) is 0 Å². The average molecular weight is 275 g/mol. The summed E-state index contributed by atoms with van der Waals surface area (Å²) in [6.45, 7) is 8.35. The third-order valence-corrected chi connectivity index (χ3v) is 3.70. The number of alkyl carbamates (subject to hydrolysis) is 1. The number of quaternary nitrogens is 1. The average Bonchev–Trinajstić information content (AvgIpc) is 2.28. The molecular weight excluding hydrogens is 252 g/mol. The van der Waals surface area contributed by atoms with Crippen LogP contribution in [-0.4, -0.2) is 37.4 Å². The van der Waals surface area contributed by atoms with Crippen LogP contribution in [0, 0.1) is 12.3 Å². The topological polar surface area (TPSA) is 42.8 Å². The molecule has 0 aromatic heterocycles. The zero-order chi connectivity index (χ0) is 12.9. The number of carbonyl (C=O) groups excluding carboxylic acids is 1. The van der Waals surface area contributed by atoms with Crippen LogP contribution in [-0.2, 0) is 4.74 Å². The van der Waals surface area contributed by atoms with E-state index < -0.39 is 0 Å². The molecule has 0 spiro atoms. The first-order valence-corrected chi connectivity index (χ1v) is 6.39. The Morgan fingerprint density at radius 3 is 2.39 bits per heavy atom. The lowest BCUT2D eigenvalue weighted by molar-refractivity contribution is -0.988. The highest BCUT2D eigenvalue weighted by molar-refractivity contribution is 5.67. The SMILES string of the molecule is C#CC(CC)(CC)[NH+]1CC(OC(=O)NCC)C1.[Cl-]. The van der Waals surface area contributed by atoms with Crippen LogP contribution in [0.2, 0.25) is 0 Å². The number of amides is 1. The molecule has 1 aliphatic rings. The molecule has 1 rings (SSSR count). The van der Waals surface area contributed by atoms with Crippen molar-refractivity contribution >= 4 is 6.09 Å². The summed E-state index contributed by atoms with van der Waals surface area (Å²) in [5, 5.41) is 2.63. The fourth-order valence-corrected chi connectivity index (χ4v) is 2.36. The van der Waals surface area contributed by atoms with E-state index >= 15 is 0 Å². The van der Waals surface area contributed by atoms with Crippen LogP contribution >= 0.6 is 0 Å². The van der Waals surface area contributed by atoms with Crippen molar-refractivity contribution in [2.24, 2.45) is 0 Å². The molecule has 0 radical (unpaired) electrons. The molecule has 0 saturated carbocycles. The second-order valence-electron chi connectivity index (χ2n) is 4.50. The fraction of sp³-hybridized carbons (Fsp3) is 0.769. The number of carbonyl (C=O) groups is 1. The first-order chi connectivity index (χ1) is 8.11. The van der Waals surface area contributed by atoms with E-state index in [2.05, 4.69) is 25.1 Å². The van der Waals surface area contributed by atoms with Gasteiger partial charge in [0.15, 0.2) is 5.54 Å². The third-order valence-electron chi connectivity index (χ3n) is 3.70. The molecular formula is C13H23ClN2O2. The molecule has 18 heavy (non-hydrogen) atoms. The molecule has 1 saturated heterocycles. The van der Waals surface area contributed by atoms with E-state index in [4.69, 9.17) is 11.2 Å². The van der Waals surface area contributed by atoms with Crippen molar-refractivity contribution in [2.45, 2.75) is 45.3 Å². The maximum atomic E-state index is 11.2. The highest BCUT2D eigenvalue weighted by Gasteiger charge is 2.46. The normalized spacial score (nSPS) is 22.1. The first kappa shape index (κ1) is 17.1. The molecule has 0 bridgehead atoms. The summed E-state index contributed by atoms with van der Waals surface area (Å²) < 4.78 is 5.25. The van der Waals surface area contributed by atoms with Gasteiger partial charge in [-0.2, -0.15) is 0 Å². The van der Waals surface area contributed by atoms with E-state index in [-0.39, 0.29) is 30.1 Å². The molecule has 4 nitrogen and oxygen atoms in total. The van der Waals surface area contributed by atoms with Crippen molar-refractivity contribution in [3.63, 3.8) is 0 Å². The summed E-state index contributed by atoms with van der Waals surface area (Å²) in [4.78, 5) is 12.6. The Bertz CT molecular complexity index is 305. The van der Waals surface area contributed by atoms with Gasteiger partial charge in [0, 0.05) is 19.4 Å². The number of rotatable bonds is 5. The smallest absolute Gasteiger partial charge is 0.407 e. The first-order valence-electron chi connectivity index (χ1n) is 6.39. The number of terminal acetylenes is 1. The lowest BCUT2D eigenvalue weighted by Crippen LogP contribution is -3.28. The lowest BCUT2D eigenvalue weighted by Gasteiger charge is -2.44. The largest absolute Gasteiger partial charge is 1.00 e. The second kappa shape index (κ2) is 7.50. The number of hydrogen-bond acceptors (Lipinski definition) is 2. The van der Waals surface area contributed by atoms with Crippen LogP contribution in [0.25, 0.3) is 0 Å². The van der Waals surface area contributed by atoms with Gasteiger partial charge < -0.3 is 27.4 Å². The number of halogens is 1. The minimum absolute atomic E-state index is 0. The van der Waals surface area contributed by atoms with Crippen molar-refractivity contribution in [3.8, 4) is 12.3 Å². The minimum atomic E-state index is -0.323. The Morgan fingerprint density at radius 2 is 2.00 bits per heavy atom. The van der Waals surface area contributed by atoms with E-state index in [0.717, 1.165) is 25.9 Å². The van der Waals surface area contributed by atoms with Crippen LogP contribution < -0.4 is 22.6 Å². The van der Waals surface area contributed by atoms with Crippen molar-refractivity contribution < 1.29 is 26.8 Å². The minimum Gasteiger partial charge on any atom is -1.00 e. The van der Waals surface area contributed by atoms with Gasteiger partial charge in [-0.1, -0.05) is 13.8 Å². The van der Waals surface area contributed by atoms with E-state index in [1.807, 2.05) is 6.92 Å². The molecule has 0 aliphatic carbocycles. The van der Waals surface area contributed by atoms with Crippen molar-refractivity contribution in [3.05, 3.63) is 0 Å². The van der Waals surface area contributed by atoms with Crippen LogP contribution in [0.4, 0.5) is 4.79 Å². The maximum Gasteiger partial charge on any atom is 0.407 e. The van der Waals surface area contributed by atoms with Gasteiger partial charge in [0.05, 0.1) is 0 Å². The zero-order valence-electron chi connectivity index (χ0n) is 11.4. The van der Waals surface area contributed by atoms with Gasteiger partial charge in [-0.15, -0.1) is 6.42 Å². The molecule has 104 valence electrons. The molecule has 1 amide bonds. The predicted octanol–water partition coefficient (Wildman–Crippen LogP) is -2.80. The van der Waals surface area contributed by atoms with E-state index in [0.29, 0.717) is 6.54 Å². The Hall–Kier alpha value is -0.920. The van der Waals surface area contributed by atoms with Gasteiger partial charge in [-0.25, -0.2) is 4.79 Å². The molecule has 0 atom stereocenters. The number of nitrogens with one attached hydrogen (secondary N) is 2. The van der Waals surface area contributed by atoms with Crippen molar-refractivity contribution in [1.82, 2.24) is 5.32 Å². The Morgan fingerprint density at radius 1 is 1.44 bits per heavy atom. The molecule has 0 aromatic carbocycles. The van der Waals surface area contributed by atoms with Gasteiger partial charge in [0.25, 0.3) is 0 Å². The molecule has 0 unspecified atom stereocenters. The van der Waals surface area contributed by atoms with Gasteiger partial charge in [0.1, 0.15) is 13.1 Å². The van der Waals surface area contributed by atoms with Crippen molar-refractivity contribution in [1.29, 1.82) is 0 Å². The van der Waals surface area contributed by atoms with E-state index in [9.17, 15) is 4.79 Å². The number of likely N-dealkylation sites (tertiary alicyclic amines) is 1. The number of hydrogen-bond donors (Lipinski definition) is 2. The highest BCUT2D eigenvalue weighted by atomic mass is 35.5. The summed E-state index contributed by atoms with van der Waals surface area (Å²) in [6, 6.07) is 0. The fourth-order valence-electron chi connectivity index (χ4n) is 2.36. The standard InChI is InChI=1S/C13H22N2O2.ClH/c1-5-13(6-2,7-3)15-9-11(10-15)17-12(16)14-8-4;/h1,11H,6-10H2,2-4H3,(H,14,16);1H. The summed E-state index contributed by atoms with van der Waals surface area (Å²) in [7, 11) is 0. The highest BCUT2D eigenvalue weighted by Crippen LogP contribution is 2.12. The van der Waals surface area contributed by atoms with E-state index in [1.165, 1.54) is 4.90 Å². The van der Waals surface area contributed by atoms with Gasteiger partial charge >= 0.3 is 6.09 Å². The molecule has 0 aromatic rings.